The van der Waals surface area contributed by atoms with Crippen molar-refractivity contribution in [2.24, 2.45) is 0 Å². The standard InChI is InChI=1S/C23H26ClN3O4S/c1-23(2)12-19(14-6-4-5-13(9-14)16-7-8-25-21(16)28)26-20-17(10-15(24)11-18(20)23)22(29)27-32(3,30)31/h4-6,9-11,16,19,26H,7-8,12H2,1-3H3,(H,25,28)(H,27,29). The van der Waals surface area contributed by atoms with Crippen LogP contribution in [0.15, 0.2) is 36.4 Å². The molecule has 1 saturated heterocycles. The van der Waals surface area contributed by atoms with E-state index in [-0.39, 0.29) is 28.8 Å². The highest BCUT2D eigenvalue weighted by molar-refractivity contribution is 7.89. The summed E-state index contributed by atoms with van der Waals surface area (Å²) in [6, 6.07) is 11.1. The van der Waals surface area contributed by atoms with E-state index in [1.165, 1.54) is 6.07 Å². The fourth-order valence-corrected chi connectivity index (χ4v) is 5.31. The number of nitrogens with one attached hydrogen (secondary N) is 3. The molecule has 7 nitrogen and oxygen atoms in total. The molecule has 0 aliphatic carbocycles. The predicted molar refractivity (Wildman–Crippen MR) is 125 cm³/mol. The third-order valence-electron chi connectivity index (χ3n) is 6.15. The maximum absolute atomic E-state index is 12.8. The van der Waals surface area contributed by atoms with Gasteiger partial charge in [-0.25, -0.2) is 13.1 Å². The first-order valence-electron chi connectivity index (χ1n) is 10.4. The van der Waals surface area contributed by atoms with Crippen molar-refractivity contribution in [3.05, 3.63) is 63.7 Å². The lowest BCUT2D eigenvalue weighted by atomic mass is 9.73. The Morgan fingerprint density at radius 3 is 2.56 bits per heavy atom. The van der Waals surface area contributed by atoms with Gasteiger partial charge in [0.05, 0.1) is 29.5 Å². The Hall–Kier alpha value is -2.58. The zero-order chi connectivity index (χ0) is 23.3. The molecule has 2 heterocycles. The molecule has 2 aromatic carbocycles. The highest BCUT2D eigenvalue weighted by Crippen LogP contribution is 2.46. The van der Waals surface area contributed by atoms with Crippen molar-refractivity contribution in [1.82, 2.24) is 10.0 Å². The van der Waals surface area contributed by atoms with Gasteiger partial charge in [-0.15, -0.1) is 0 Å². The van der Waals surface area contributed by atoms with Gasteiger partial charge in [-0.3, -0.25) is 9.59 Å². The van der Waals surface area contributed by atoms with E-state index in [1.54, 1.807) is 0 Å². The zero-order valence-electron chi connectivity index (χ0n) is 18.2. The molecule has 170 valence electrons. The Labute approximate surface area is 193 Å². The minimum absolute atomic E-state index is 0.0406. The lowest BCUT2D eigenvalue weighted by Gasteiger charge is -2.40. The quantitative estimate of drug-likeness (QED) is 0.628. The summed E-state index contributed by atoms with van der Waals surface area (Å²) in [5, 5.41) is 6.69. The molecule has 2 aromatic rings. The number of sulfonamides is 1. The summed E-state index contributed by atoms with van der Waals surface area (Å²) < 4.78 is 25.3. The van der Waals surface area contributed by atoms with E-state index in [1.807, 2.05) is 35.1 Å². The van der Waals surface area contributed by atoms with Crippen molar-refractivity contribution in [3.8, 4) is 0 Å². The number of halogens is 1. The number of amides is 2. The van der Waals surface area contributed by atoms with Crippen LogP contribution < -0.4 is 15.4 Å². The summed E-state index contributed by atoms with van der Waals surface area (Å²) in [6.07, 6.45) is 2.43. The second-order valence-corrected chi connectivity index (χ2v) is 11.4. The summed E-state index contributed by atoms with van der Waals surface area (Å²) >= 11 is 6.29. The minimum Gasteiger partial charge on any atom is -0.377 e. The van der Waals surface area contributed by atoms with Crippen LogP contribution >= 0.6 is 11.6 Å². The van der Waals surface area contributed by atoms with Crippen molar-refractivity contribution < 1.29 is 18.0 Å². The van der Waals surface area contributed by atoms with E-state index in [4.69, 9.17) is 11.6 Å². The molecule has 0 aromatic heterocycles. The summed E-state index contributed by atoms with van der Waals surface area (Å²) in [7, 11) is -3.73. The SMILES string of the molecule is CC1(C)CC(c2cccc(C3CCNC3=O)c2)Nc2c(C(=O)NS(C)(=O)=O)cc(Cl)cc21. The van der Waals surface area contributed by atoms with Gasteiger partial charge in [0, 0.05) is 11.6 Å². The van der Waals surface area contributed by atoms with Crippen LogP contribution in [0.3, 0.4) is 0 Å². The molecule has 0 spiro atoms. The third-order valence-corrected chi connectivity index (χ3v) is 6.93. The lowest BCUT2D eigenvalue weighted by Crippen LogP contribution is -2.35. The summed E-state index contributed by atoms with van der Waals surface area (Å²) in [6.45, 7) is 4.82. The molecule has 3 N–H and O–H groups in total. The second kappa shape index (κ2) is 8.08. The van der Waals surface area contributed by atoms with Gasteiger partial charge in [-0.2, -0.15) is 0 Å². The van der Waals surface area contributed by atoms with Gasteiger partial charge < -0.3 is 10.6 Å². The van der Waals surface area contributed by atoms with Crippen LogP contribution in [-0.4, -0.2) is 33.0 Å². The smallest absolute Gasteiger partial charge is 0.266 e. The van der Waals surface area contributed by atoms with Crippen molar-refractivity contribution in [3.63, 3.8) is 0 Å². The van der Waals surface area contributed by atoms with Crippen LogP contribution in [0.4, 0.5) is 5.69 Å². The van der Waals surface area contributed by atoms with Crippen molar-refractivity contribution in [2.75, 3.05) is 18.1 Å². The molecule has 32 heavy (non-hydrogen) atoms. The summed E-state index contributed by atoms with van der Waals surface area (Å²) in [5.41, 5.74) is 3.24. The fourth-order valence-electron chi connectivity index (χ4n) is 4.65. The first kappa shape index (κ1) is 22.6. The zero-order valence-corrected chi connectivity index (χ0v) is 19.7. The Kier molecular flexibility index (Phi) is 5.71. The van der Waals surface area contributed by atoms with E-state index < -0.39 is 15.9 Å². The topological polar surface area (TPSA) is 104 Å². The molecule has 2 amide bonds. The van der Waals surface area contributed by atoms with Gasteiger partial charge in [-0.05, 0) is 47.1 Å². The van der Waals surface area contributed by atoms with E-state index in [9.17, 15) is 18.0 Å². The molecule has 4 rings (SSSR count). The monoisotopic (exact) mass is 475 g/mol. The van der Waals surface area contributed by atoms with Gasteiger partial charge in [0.15, 0.2) is 0 Å². The lowest BCUT2D eigenvalue weighted by molar-refractivity contribution is -0.120. The van der Waals surface area contributed by atoms with E-state index >= 15 is 0 Å². The third kappa shape index (κ3) is 4.47. The maximum Gasteiger partial charge on any atom is 0.266 e. The first-order chi connectivity index (χ1) is 14.9. The van der Waals surface area contributed by atoms with Crippen LogP contribution in [0.1, 0.15) is 65.7 Å². The molecular formula is C23H26ClN3O4S. The van der Waals surface area contributed by atoms with Gasteiger partial charge in [-0.1, -0.05) is 49.7 Å². The van der Waals surface area contributed by atoms with Gasteiger partial charge >= 0.3 is 0 Å². The number of carbonyl (C=O) groups is 2. The second-order valence-electron chi connectivity index (χ2n) is 9.17. The molecule has 0 bridgehead atoms. The number of hydrogen-bond donors (Lipinski definition) is 3. The van der Waals surface area contributed by atoms with Crippen LogP contribution in [0.2, 0.25) is 5.02 Å². The molecule has 2 unspecified atom stereocenters. The molecule has 2 atom stereocenters. The molecular weight excluding hydrogens is 450 g/mol. The Balaban J connectivity index is 1.74. The maximum atomic E-state index is 12.8. The van der Waals surface area contributed by atoms with Crippen LogP contribution in [0.25, 0.3) is 0 Å². The highest BCUT2D eigenvalue weighted by Gasteiger charge is 2.37. The molecule has 1 fully saturated rings. The normalized spacial score (nSPS) is 21.9. The Morgan fingerprint density at radius 2 is 1.91 bits per heavy atom. The largest absolute Gasteiger partial charge is 0.377 e. The number of rotatable bonds is 4. The van der Waals surface area contributed by atoms with E-state index in [0.29, 0.717) is 17.3 Å². The van der Waals surface area contributed by atoms with Crippen LogP contribution in [0, 0.1) is 0 Å². The van der Waals surface area contributed by atoms with Crippen molar-refractivity contribution in [2.45, 2.75) is 44.1 Å². The van der Waals surface area contributed by atoms with Crippen molar-refractivity contribution in [1.29, 1.82) is 0 Å². The highest BCUT2D eigenvalue weighted by atomic mass is 35.5. The molecule has 2 aliphatic heterocycles. The van der Waals surface area contributed by atoms with E-state index in [0.717, 1.165) is 35.8 Å². The number of carbonyl (C=O) groups excluding carboxylic acids is 2. The number of benzene rings is 2. The van der Waals surface area contributed by atoms with Gasteiger partial charge in [0.25, 0.3) is 5.91 Å². The summed E-state index contributed by atoms with van der Waals surface area (Å²) in [4.78, 5) is 24.9. The van der Waals surface area contributed by atoms with Crippen molar-refractivity contribution >= 4 is 39.1 Å². The average molecular weight is 476 g/mol. The summed E-state index contributed by atoms with van der Waals surface area (Å²) in [5.74, 6) is -0.848. The number of fused-ring (bicyclic) bond motifs is 1. The van der Waals surface area contributed by atoms with E-state index in [2.05, 4.69) is 24.5 Å². The van der Waals surface area contributed by atoms with Crippen LogP contribution in [0.5, 0.6) is 0 Å². The molecule has 2 aliphatic rings. The Morgan fingerprint density at radius 1 is 1.19 bits per heavy atom. The fraction of sp³-hybridized carbons (Fsp3) is 0.391. The molecule has 0 saturated carbocycles. The number of hydrogen-bond acceptors (Lipinski definition) is 5. The number of anilines is 1. The minimum atomic E-state index is -3.73. The van der Waals surface area contributed by atoms with Gasteiger partial charge in [0.2, 0.25) is 15.9 Å². The Bertz CT molecular complexity index is 1210. The van der Waals surface area contributed by atoms with Crippen LogP contribution in [-0.2, 0) is 20.2 Å². The first-order valence-corrected chi connectivity index (χ1v) is 12.7. The molecule has 0 radical (unpaired) electrons. The molecule has 9 heteroatoms. The van der Waals surface area contributed by atoms with Gasteiger partial charge in [0.1, 0.15) is 0 Å². The predicted octanol–water partition coefficient (Wildman–Crippen LogP) is 3.47. The average Bonchev–Trinajstić information content (AvgIpc) is 3.12.